The van der Waals surface area contributed by atoms with Crippen LogP contribution in [0.5, 0.6) is 5.75 Å². The van der Waals surface area contributed by atoms with E-state index in [1.165, 1.54) is 45.9 Å². The first-order valence-corrected chi connectivity index (χ1v) is 10.8. The fourth-order valence-electron chi connectivity index (χ4n) is 3.52. The van der Waals surface area contributed by atoms with Gasteiger partial charge in [0, 0.05) is 12.3 Å². The number of rotatable bonds is 4. The van der Waals surface area contributed by atoms with Crippen molar-refractivity contribution in [2.75, 3.05) is 7.11 Å². The smallest absolute Gasteiger partial charge is 0.290 e. The molecule has 0 bridgehead atoms. The highest BCUT2D eigenvalue weighted by Gasteiger charge is 2.17. The Balaban J connectivity index is 1.61. The van der Waals surface area contributed by atoms with Crippen molar-refractivity contribution < 1.29 is 9.15 Å². The second-order valence-corrected chi connectivity index (χ2v) is 8.46. The van der Waals surface area contributed by atoms with Crippen molar-refractivity contribution >= 4 is 44.9 Å². The van der Waals surface area contributed by atoms with Gasteiger partial charge in [-0.15, -0.1) is 0 Å². The molecule has 0 aliphatic carbocycles. The van der Waals surface area contributed by atoms with Crippen molar-refractivity contribution in [1.82, 2.24) is 14.5 Å². The van der Waals surface area contributed by atoms with Crippen LogP contribution in [-0.2, 0) is 6.42 Å². The third-order valence-electron chi connectivity index (χ3n) is 5.15. The molecule has 31 heavy (non-hydrogen) atoms. The molecule has 0 fully saturated rings. The first-order chi connectivity index (χ1) is 15.0. The number of ether oxygens (including phenoxy) is 1. The molecule has 3 heterocycles. The van der Waals surface area contributed by atoms with Gasteiger partial charge < -0.3 is 9.15 Å². The average Bonchev–Trinajstić information content (AvgIpc) is 3.18. The zero-order valence-electron chi connectivity index (χ0n) is 16.8. The van der Waals surface area contributed by atoms with Crippen LogP contribution in [0.2, 0.25) is 0 Å². The lowest BCUT2D eigenvalue weighted by Gasteiger charge is -2.05. The molecule has 2 aromatic carbocycles. The monoisotopic (exact) mass is 447 g/mol. The summed E-state index contributed by atoms with van der Waals surface area (Å²) in [6.45, 7) is 2.11. The second kappa shape index (κ2) is 7.72. The Morgan fingerprint density at radius 3 is 2.84 bits per heavy atom. The van der Waals surface area contributed by atoms with Crippen molar-refractivity contribution in [3.8, 4) is 10.9 Å². The summed E-state index contributed by atoms with van der Waals surface area (Å²) in [5.41, 5.74) is 4.51. The minimum absolute atomic E-state index is 0.00277. The van der Waals surface area contributed by atoms with E-state index < -0.39 is 0 Å². The maximum absolute atomic E-state index is 13.1. The molecule has 0 radical (unpaired) electrons. The molecule has 0 saturated carbocycles. The van der Waals surface area contributed by atoms with E-state index >= 15 is 0 Å². The predicted octanol–water partition coefficient (Wildman–Crippen LogP) is 5.23. The van der Waals surface area contributed by atoms with Crippen LogP contribution in [0.4, 0.5) is 0 Å². The molecule has 5 aromatic rings. The number of hydrogen-bond acceptors (Lipinski definition) is 7. The molecule has 0 N–H and O–H groups in total. The number of aromatic nitrogens is 3. The zero-order chi connectivity index (χ0) is 21.5. The second-order valence-electron chi connectivity index (χ2n) is 7.10. The minimum Gasteiger partial charge on any atom is -0.493 e. The fraction of sp³-hybridized carbons (Fsp3) is 0.130. The van der Waals surface area contributed by atoms with Crippen LogP contribution in [-0.4, -0.2) is 21.6 Å². The molecule has 8 heteroatoms. The number of thiazole rings is 1. The Bertz CT molecular complexity index is 1570. The number of methoxy groups -OCH3 is 1. The number of benzene rings is 2. The summed E-state index contributed by atoms with van der Waals surface area (Å²) in [5.74, 6) is 0.408. The van der Waals surface area contributed by atoms with Gasteiger partial charge in [0.15, 0.2) is 11.3 Å². The van der Waals surface area contributed by atoms with Gasteiger partial charge in [-0.1, -0.05) is 41.7 Å². The molecule has 0 atom stereocenters. The summed E-state index contributed by atoms with van der Waals surface area (Å²) in [4.78, 5) is 21.9. The number of aryl methyl sites for hydroxylation is 1. The number of fused-ring (bicyclic) bond motifs is 2. The van der Waals surface area contributed by atoms with Crippen molar-refractivity contribution in [2.24, 2.45) is 0 Å². The van der Waals surface area contributed by atoms with Crippen LogP contribution >= 0.6 is 23.6 Å². The molecule has 3 aromatic heterocycles. The lowest BCUT2D eigenvalue weighted by atomic mass is 10.0. The van der Waals surface area contributed by atoms with Crippen LogP contribution in [0.1, 0.15) is 16.7 Å². The van der Waals surface area contributed by atoms with Gasteiger partial charge in [0.25, 0.3) is 10.4 Å². The molecule has 6 nitrogen and oxygen atoms in total. The van der Waals surface area contributed by atoms with Gasteiger partial charge in [-0.25, -0.2) is 14.5 Å². The summed E-state index contributed by atoms with van der Waals surface area (Å²) in [6.07, 6.45) is 2.33. The highest BCUT2D eigenvalue weighted by atomic mass is 32.1. The van der Waals surface area contributed by atoms with E-state index in [1.54, 1.807) is 6.07 Å². The van der Waals surface area contributed by atoms with Crippen molar-refractivity contribution in [2.45, 2.75) is 13.3 Å². The summed E-state index contributed by atoms with van der Waals surface area (Å²) in [5, 5.41) is 0.452. The molecule has 5 rings (SSSR count). The van der Waals surface area contributed by atoms with Gasteiger partial charge in [-0.2, -0.15) is 0 Å². The van der Waals surface area contributed by atoms with Gasteiger partial charge >= 0.3 is 0 Å². The largest absolute Gasteiger partial charge is 0.493 e. The molecule has 154 valence electrons. The predicted molar refractivity (Wildman–Crippen MR) is 124 cm³/mol. The number of nitrogens with zero attached hydrogens (tertiary/aromatic N) is 3. The third kappa shape index (κ3) is 3.43. The Labute approximate surface area is 186 Å². The van der Waals surface area contributed by atoms with E-state index in [9.17, 15) is 4.79 Å². The van der Waals surface area contributed by atoms with Crippen LogP contribution in [0.25, 0.3) is 26.4 Å². The summed E-state index contributed by atoms with van der Waals surface area (Å²) < 4.78 is 13.2. The van der Waals surface area contributed by atoms with Crippen molar-refractivity contribution in [3.63, 3.8) is 0 Å². The Kier molecular flexibility index (Phi) is 4.88. The minimum atomic E-state index is -0.385. The first kappa shape index (κ1) is 19.6. The van der Waals surface area contributed by atoms with Crippen LogP contribution in [0, 0.1) is 11.8 Å². The molecular formula is C23H17N3O3S2. The van der Waals surface area contributed by atoms with Gasteiger partial charge in [-0.3, -0.25) is 4.79 Å². The van der Waals surface area contributed by atoms with E-state index in [-0.39, 0.29) is 21.5 Å². The van der Waals surface area contributed by atoms with Crippen LogP contribution < -0.4 is 10.3 Å². The SMILES string of the molecule is COc1ccnc2c(=O)n(-c3nc4ccc(Cc5ccccc5C)cc4s3)c(=S)oc12. The number of pyridine rings is 1. The van der Waals surface area contributed by atoms with Crippen molar-refractivity contribution in [3.05, 3.63) is 86.6 Å². The van der Waals surface area contributed by atoms with Gasteiger partial charge in [0.05, 0.1) is 17.3 Å². The molecule has 0 spiro atoms. The standard InChI is InChI=1S/C23H17N3O3S2/c1-13-5-3-4-6-15(13)11-14-7-8-16-18(12-14)31-22(25-16)26-21(27)19-20(29-23(26)30)17(28-2)9-10-24-19/h3-10,12H,11H2,1-2H3. The first-order valence-electron chi connectivity index (χ1n) is 9.58. The maximum atomic E-state index is 13.1. The number of hydrogen-bond donors (Lipinski definition) is 0. The topological polar surface area (TPSA) is 70.2 Å². The normalized spacial score (nSPS) is 11.3. The quantitative estimate of drug-likeness (QED) is 0.352. The molecule has 0 amide bonds. The van der Waals surface area contributed by atoms with Gasteiger partial charge in [0.1, 0.15) is 0 Å². The summed E-state index contributed by atoms with van der Waals surface area (Å²) in [6, 6.07) is 16.1. The van der Waals surface area contributed by atoms with Crippen LogP contribution in [0.15, 0.2) is 63.9 Å². The molecule has 0 aliphatic rings. The summed E-state index contributed by atoms with van der Waals surface area (Å²) in [7, 11) is 1.50. The van der Waals surface area contributed by atoms with Gasteiger partial charge in [0.2, 0.25) is 10.7 Å². The molecule has 0 unspecified atom stereocenters. The van der Waals surface area contributed by atoms with E-state index in [4.69, 9.17) is 21.4 Å². The Morgan fingerprint density at radius 2 is 2.03 bits per heavy atom. The summed E-state index contributed by atoms with van der Waals surface area (Å²) >= 11 is 6.76. The van der Waals surface area contributed by atoms with Gasteiger partial charge in [-0.05, 0) is 54.4 Å². The van der Waals surface area contributed by atoms with E-state index in [1.807, 2.05) is 12.1 Å². The fourth-order valence-corrected chi connectivity index (χ4v) is 4.86. The van der Waals surface area contributed by atoms with Crippen LogP contribution in [0.3, 0.4) is 0 Å². The molecular weight excluding hydrogens is 430 g/mol. The maximum Gasteiger partial charge on any atom is 0.290 e. The highest BCUT2D eigenvalue weighted by molar-refractivity contribution is 7.71. The Hall–Kier alpha value is -3.36. The third-order valence-corrected chi connectivity index (χ3v) is 6.42. The highest BCUT2D eigenvalue weighted by Crippen LogP contribution is 2.28. The lowest BCUT2D eigenvalue weighted by molar-refractivity contribution is 0.404. The lowest BCUT2D eigenvalue weighted by Crippen LogP contribution is -2.20. The van der Waals surface area contributed by atoms with E-state index in [0.717, 1.165) is 16.6 Å². The Morgan fingerprint density at radius 1 is 1.19 bits per heavy atom. The van der Waals surface area contributed by atoms with Crippen molar-refractivity contribution in [1.29, 1.82) is 0 Å². The van der Waals surface area contributed by atoms with E-state index in [2.05, 4.69) is 47.2 Å². The average molecular weight is 448 g/mol. The molecule has 0 saturated heterocycles. The van der Waals surface area contributed by atoms with E-state index in [0.29, 0.717) is 10.9 Å². The molecule has 0 aliphatic heterocycles. The zero-order valence-corrected chi connectivity index (χ0v) is 18.4.